The number of rotatable bonds is 5. The number of imide groups is 1. The standard InChI is InChI=1S/C22H26N6O3/c29-20-4-3-19(21(30)26-20)27-12-15-2-1-14(9-18(15)22(27)31)10-24-16-11-25-28(13-16)17-5-7-23-8-6-17/h1-2,9,11,13,17,19,23-24H,3-8,10,12H2,(H,26,29,30). The van der Waals surface area contributed by atoms with Crippen molar-refractivity contribution in [1.29, 1.82) is 0 Å². The Morgan fingerprint density at radius 2 is 1.97 bits per heavy atom. The van der Waals surface area contributed by atoms with E-state index in [4.69, 9.17) is 0 Å². The van der Waals surface area contributed by atoms with Gasteiger partial charge in [0.25, 0.3) is 5.91 Å². The minimum atomic E-state index is -0.583. The first-order chi connectivity index (χ1) is 15.1. The van der Waals surface area contributed by atoms with Gasteiger partial charge in [-0.3, -0.25) is 24.4 Å². The molecule has 0 saturated carbocycles. The molecule has 1 unspecified atom stereocenters. The zero-order valence-electron chi connectivity index (χ0n) is 17.3. The Balaban J connectivity index is 1.23. The number of nitrogens with zero attached hydrogens (tertiary/aromatic N) is 3. The van der Waals surface area contributed by atoms with Crippen LogP contribution >= 0.6 is 0 Å². The van der Waals surface area contributed by atoms with Crippen molar-refractivity contribution in [2.24, 2.45) is 0 Å². The van der Waals surface area contributed by atoms with E-state index in [1.54, 1.807) is 4.90 Å². The van der Waals surface area contributed by atoms with E-state index < -0.39 is 6.04 Å². The van der Waals surface area contributed by atoms with Gasteiger partial charge in [-0.05, 0) is 49.5 Å². The molecule has 2 fully saturated rings. The van der Waals surface area contributed by atoms with Gasteiger partial charge in [0.1, 0.15) is 6.04 Å². The maximum Gasteiger partial charge on any atom is 0.255 e. The molecule has 1 aromatic carbocycles. The zero-order chi connectivity index (χ0) is 21.4. The summed E-state index contributed by atoms with van der Waals surface area (Å²) in [5.41, 5.74) is 3.49. The first-order valence-corrected chi connectivity index (χ1v) is 10.8. The van der Waals surface area contributed by atoms with Crippen LogP contribution in [0, 0.1) is 0 Å². The largest absolute Gasteiger partial charge is 0.378 e. The number of aromatic nitrogens is 2. The molecule has 9 heteroatoms. The molecule has 3 amide bonds. The Labute approximate surface area is 180 Å². The molecule has 0 aliphatic carbocycles. The van der Waals surface area contributed by atoms with Gasteiger partial charge in [-0.25, -0.2) is 0 Å². The fourth-order valence-corrected chi connectivity index (χ4v) is 4.62. The predicted octanol–water partition coefficient (Wildman–Crippen LogP) is 1.18. The molecule has 3 N–H and O–H groups in total. The highest BCUT2D eigenvalue weighted by molar-refractivity contribution is 6.05. The van der Waals surface area contributed by atoms with E-state index in [9.17, 15) is 14.4 Å². The number of piperidine rings is 2. The second kappa shape index (κ2) is 8.14. The molecule has 162 valence electrons. The molecule has 1 atom stereocenters. The third kappa shape index (κ3) is 3.93. The predicted molar refractivity (Wildman–Crippen MR) is 113 cm³/mol. The summed E-state index contributed by atoms with van der Waals surface area (Å²) in [5.74, 6) is -0.808. The molecule has 0 spiro atoms. The molecule has 3 aliphatic heterocycles. The van der Waals surface area contributed by atoms with E-state index in [0.29, 0.717) is 31.1 Å². The van der Waals surface area contributed by atoms with Crippen molar-refractivity contribution in [3.05, 3.63) is 47.3 Å². The lowest BCUT2D eigenvalue weighted by molar-refractivity contribution is -0.136. The van der Waals surface area contributed by atoms with Crippen molar-refractivity contribution in [3.63, 3.8) is 0 Å². The van der Waals surface area contributed by atoms with Crippen LogP contribution in [0.4, 0.5) is 5.69 Å². The third-order valence-corrected chi connectivity index (χ3v) is 6.37. The second-order valence-corrected chi connectivity index (χ2v) is 8.44. The lowest BCUT2D eigenvalue weighted by Crippen LogP contribution is -2.52. The fraction of sp³-hybridized carbons (Fsp3) is 0.455. The van der Waals surface area contributed by atoms with Crippen molar-refractivity contribution in [3.8, 4) is 0 Å². The Morgan fingerprint density at radius 1 is 1.13 bits per heavy atom. The molecule has 4 heterocycles. The lowest BCUT2D eigenvalue weighted by Gasteiger charge is -2.29. The summed E-state index contributed by atoms with van der Waals surface area (Å²) in [6.07, 6.45) is 6.68. The van der Waals surface area contributed by atoms with Crippen molar-refractivity contribution in [1.82, 2.24) is 25.3 Å². The van der Waals surface area contributed by atoms with E-state index in [1.165, 1.54) is 0 Å². The van der Waals surface area contributed by atoms with Crippen LogP contribution in [-0.2, 0) is 22.7 Å². The Kier molecular flexibility index (Phi) is 5.19. The average Bonchev–Trinajstić information content (AvgIpc) is 3.38. The average molecular weight is 422 g/mol. The first kappa shape index (κ1) is 19.7. The van der Waals surface area contributed by atoms with Gasteiger partial charge in [0.05, 0.1) is 17.9 Å². The first-order valence-electron chi connectivity index (χ1n) is 10.8. The van der Waals surface area contributed by atoms with Gasteiger partial charge >= 0.3 is 0 Å². The molecule has 5 rings (SSSR count). The molecule has 31 heavy (non-hydrogen) atoms. The minimum absolute atomic E-state index is 0.148. The highest BCUT2D eigenvalue weighted by Crippen LogP contribution is 2.28. The van der Waals surface area contributed by atoms with Gasteiger partial charge in [-0.2, -0.15) is 5.10 Å². The van der Waals surface area contributed by atoms with Crippen LogP contribution in [0.3, 0.4) is 0 Å². The maximum atomic E-state index is 13.0. The molecule has 0 radical (unpaired) electrons. The van der Waals surface area contributed by atoms with Gasteiger partial charge in [0.2, 0.25) is 11.8 Å². The van der Waals surface area contributed by atoms with E-state index >= 15 is 0 Å². The monoisotopic (exact) mass is 422 g/mol. The van der Waals surface area contributed by atoms with Crippen molar-refractivity contribution in [2.75, 3.05) is 18.4 Å². The van der Waals surface area contributed by atoms with Crippen LogP contribution in [0.25, 0.3) is 0 Å². The third-order valence-electron chi connectivity index (χ3n) is 6.37. The number of amides is 3. The molecule has 3 aliphatic rings. The van der Waals surface area contributed by atoms with Crippen LogP contribution in [0.1, 0.15) is 53.2 Å². The van der Waals surface area contributed by atoms with E-state index in [-0.39, 0.29) is 24.1 Å². The van der Waals surface area contributed by atoms with Crippen LogP contribution in [-0.4, -0.2) is 51.5 Å². The van der Waals surface area contributed by atoms with Crippen molar-refractivity contribution >= 4 is 23.4 Å². The normalized spacial score (nSPS) is 21.9. The van der Waals surface area contributed by atoms with Crippen molar-refractivity contribution in [2.45, 2.75) is 50.9 Å². The number of benzene rings is 1. The highest BCUT2D eigenvalue weighted by Gasteiger charge is 2.39. The van der Waals surface area contributed by atoms with Gasteiger partial charge in [-0.1, -0.05) is 12.1 Å². The Bertz CT molecular complexity index is 1030. The summed E-state index contributed by atoms with van der Waals surface area (Å²) in [5, 5.41) is 13.6. The maximum absolute atomic E-state index is 13.0. The number of fused-ring (bicyclic) bond motifs is 1. The summed E-state index contributed by atoms with van der Waals surface area (Å²) in [6.45, 7) is 3.02. The van der Waals surface area contributed by atoms with Gasteiger partial charge < -0.3 is 15.5 Å². The molecular formula is C22H26N6O3. The van der Waals surface area contributed by atoms with Crippen LogP contribution in [0.5, 0.6) is 0 Å². The van der Waals surface area contributed by atoms with E-state index in [1.807, 2.05) is 35.3 Å². The molecule has 1 aromatic heterocycles. The molecule has 2 aromatic rings. The SMILES string of the molecule is O=C1CCC(N2Cc3ccc(CNc4cnn(C5CCNCC5)c4)cc3C2=O)C(=O)N1. The smallest absolute Gasteiger partial charge is 0.255 e. The Morgan fingerprint density at radius 3 is 2.77 bits per heavy atom. The highest BCUT2D eigenvalue weighted by atomic mass is 16.2. The molecule has 0 bridgehead atoms. The summed E-state index contributed by atoms with van der Waals surface area (Å²) in [4.78, 5) is 38.1. The molecule has 2 saturated heterocycles. The number of carbonyl (C=O) groups is 3. The summed E-state index contributed by atoms with van der Waals surface area (Å²) >= 11 is 0. The van der Waals surface area contributed by atoms with E-state index in [2.05, 4.69) is 21.0 Å². The van der Waals surface area contributed by atoms with Gasteiger partial charge in [-0.15, -0.1) is 0 Å². The number of nitrogens with one attached hydrogen (secondary N) is 3. The molecular weight excluding hydrogens is 396 g/mol. The quantitative estimate of drug-likeness (QED) is 0.625. The summed E-state index contributed by atoms with van der Waals surface area (Å²) in [6, 6.07) is 5.71. The zero-order valence-corrected chi connectivity index (χ0v) is 17.3. The molecule has 9 nitrogen and oxygen atoms in total. The van der Waals surface area contributed by atoms with Gasteiger partial charge in [0, 0.05) is 31.3 Å². The van der Waals surface area contributed by atoms with Crippen LogP contribution in [0.15, 0.2) is 30.6 Å². The van der Waals surface area contributed by atoms with E-state index in [0.717, 1.165) is 42.7 Å². The van der Waals surface area contributed by atoms with Gasteiger partial charge in [0.15, 0.2) is 0 Å². The minimum Gasteiger partial charge on any atom is -0.378 e. The van der Waals surface area contributed by atoms with Crippen LogP contribution < -0.4 is 16.0 Å². The Hall–Kier alpha value is -3.20. The number of anilines is 1. The number of hydrogen-bond acceptors (Lipinski definition) is 6. The number of hydrogen-bond donors (Lipinski definition) is 3. The lowest BCUT2D eigenvalue weighted by atomic mass is 10.0. The second-order valence-electron chi connectivity index (χ2n) is 8.44. The number of carbonyl (C=O) groups excluding carboxylic acids is 3. The van der Waals surface area contributed by atoms with Crippen LogP contribution in [0.2, 0.25) is 0 Å². The van der Waals surface area contributed by atoms with Crippen molar-refractivity contribution < 1.29 is 14.4 Å². The summed E-state index contributed by atoms with van der Waals surface area (Å²) < 4.78 is 2.03. The fourth-order valence-electron chi connectivity index (χ4n) is 4.62. The topological polar surface area (TPSA) is 108 Å². The summed E-state index contributed by atoms with van der Waals surface area (Å²) in [7, 11) is 0.